The number of piperazine rings is 1. The van der Waals surface area contributed by atoms with Gasteiger partial charge in [-0.25, -0.2) is 12.8 Å². The molecule has 1 aromatic carbocycles. The summed E-state index contributed by atoms with van der Waals surface area (Å²) in [5.74, 6) is 0.500. The van der Waals surface area contributed by atoms with Crippen LogP contribution in [0.1, 0.15) is 24.7 Å². The van der Waals surface area contributed by atoms with Crippen LogP contribution in [0.25, 0.3) is 0 Å². The molecule has 1 N–H and O–H groups in total. The fourth-order valence-corrected chi connectivity index (χ4v) is 5.38. The zero-order valence-corrected chi connectivity index (χ0v) is 16.8. The molecule has 146 valence electrons. The number of aryl methyl sites for hydroxylation is 1. The molecule has 1 aromatic heterocycles. The molecule has 1 aliphatic heterocycles. The number of hydrogen-bond acceptors (Lipinski definition) is 4. The van der Waals surface area contributed by atoms with E-state index in [1.54, 1.807) is 0 Å². The van der Waals surface area contributed by atoms with E-state index >= 15 is 0 Å². The number of hydrogen-bond donors (Lipinski definition) is 1. The Balaban J connectivity index is 1.41. The molecule has 2 fully saturated rings. The Kier molecular flexibility index (Phi) is 4.91. The summed E-state index contributed by atoms with van der Waals surface area (Å²) >= 11 is 5.57. The van der Waals surface area contributed by atoms with E-state index in [9.17, 15) is 12.8 Å². The van der Waals surface area contributed by atoms with Gasteiger partial charge in [-0.05, 0) is 56.2 Å². The summed E-state index contributed by atoms with van der Waals surface area (Å²) in [4.78, 5) is 1.38. The molecule has 1 aliphatic carbocycles. The van der Waals surface area contributed by atoms with Crippen molar-refractivity contribution in [3.63, 3.8) is 0 Å². The summed E-state index contributed by atoms with van der Waals surface area (Å²) in [7, 11) is -3.58. The lowest BCUT2D eigenvalue weighted by atomic mass is 10.4. The van der Waals surface area contributed by atoms with E-state index in [-0.39, 0.29) is 4.90 Å². The molecule has 10 heteroatoms. The Morgan fingerprint density at radius 2 is 1.85 bits per heavy atom. The minimum absolute atomic E-state index is 0.133. The molecule has 0 radical (unpaired) electrons. The van der Waals surface area contributed by atoms with Gasteiger partial charge in [0.2, 0.25) is 14.8 Å². The molecular weight excluding hydrogens is 389 g/mol. The lowest BCUT2D eigenvalue weighted by Crippen LogP contribution is -3.14. The lowest BCUT2D eigenvalue weighted by molar-refractivity contribution is -0.926. The van der Waals surface area contributed by atoms with Crippen LogP contribution in [0.2, 0.25) is 0 Å². The van der Waals surface area contributed by atoms with Gasteiger partial charge in [-0.1, -0.05) is 0 Å². The maximum atomic E-state index is 13.1. The Bertz CT molecular complexity index is 987. The van der Waals surface area contributed by atoms with Gasteiger partial charge in [-0.2, -0.15) is 14.1 Å². The van der Waals surface area contributed by atoms with E-state index in [1.807, 2.05) is 11.6 Å². The van der Waals surface area contributed by atoms with E-state index in [2.05, 4.69) is 9.67 Å². The van der Waals surface area contributed by atoms with E-state index in [0.717, 1.165) is 23.4 Å². The van der Waals surface area contributed by atoms with Crippen molar-refractivity contribution >= 4 is 22.2 Å². The van der Waals surface area contributed by atoms with Gasteiger partial charge in [0, 0.05) is 6.04 Å². The fraction of sp³-hybridized carbons (Fsp3) is 0.529. The smallest absolute Gasteiger partial charge is 0.243 e. The van der Waals surface area contributed by atoms with Crippen molar-refractivity contribution in [2.24, 2.45) is 0 Å². The number of sulfonamides is 1. The van der Waals surface area contributed by atoms with E-state index < -0.39 is 15.8 Å². The largest absolute Gasteiger partial charge is 0.314 e. The standard InChI is InChI=1S/C17H22FN5O2S2/c1-13-19-22(17(26)23(13)15-4-5-15)12-20-8-10-21(11-9-20)27(24,25)16-6-2-14(18)3-7-16/h2-3,6-7,15H,4-5,8-12H2,1H3/p+1. The summed E-state index contributed by atoms with van der Waals surface area (Å²) in [5, 5.41) is 4.58. The van der Waals surface area contributed by atoms with Gasteiger partial charge < -0.3 is 9.47 Å². The Hall–Kier alpha value is -1.62. The molecule has 4 rings (SSSR count). The monoisotopic (exact) mass is 412 g/mol. The molecule has 7 nitrogen and oxygen atoms in total. The number of aromatic nitrogens is 3. The lowest BCUT2D eigenvalue weighted by Gasteiger charge is -2.31. The first-order valence-corrected chi connectivity index (χ1v) is 11.0. The summed E-state index contributed by atoms with van der Waals surface area (Å²) in [5.41, 5.74) is 0. The second-order valence-corrected chi connectivity index (χ2v) is 9.50. The van der Waals surface area contributed by atoms with Gasteiger partial charge in [0.1, 0.15) is 11.6 Å². The van der Waals surface area contributed by atoms with Crippen molar-refractivity contribution in [1.29, 1.82) is 0 Å². The van der Waals surface area contributed by atoms with E-state index in [1.165, 1.54) is 33.5 Å². The molecule has 2 aromatic rings. The van der Waals surface area contributed by atoms with Crippen molar-refractivity contribution in [1.82, 2.24) is 18.7 Å². The van der Waals surface area contributed by atoms with Crippen molar-refractivity contribution < 1.29 is 17.7 Å². The molecule has 0 spiro atoms. The molecule has 0 amide bonds. The van der Waals surface area contributed by atoms with Crippen LogP contribution in [0.15, 0.2) is 29.2 Å². The second-order valence-electron chi connectivity index (χ2n) is 7.20. The first kappa shape index (κ1) is 18.7. The van der Waals surface area contributed by atoms with Gasteiger partial charge >= 0.3 is 0 Å². The first-order valence-electron chi connectivity index (χ1n) is 9.11. The SMILES string of the molecule is Cc1nn(C[NH+]2CCN(S(=O)(=O)c3ccc(F)cc3)CC2)c(=S)n1C1CC1. The predicted molar refractivity (Wildman–Crippen MR) is 99.9 cm³/mol. The number of nitrogens with one attached hydrogen (secondary N) is 1. The molecule has 27 heavy (non-hydrogen) atoms. The number of rotatable bonds is 5. The third kappa shape index (κ3) is 3.71. The Labute approximate surface area is 163 Å². The van der Waals surface area contributed by atoms with Crippen molar-refractivity contribution in [3.8, 4) is 0 Å². The Morgan fingerprint density at radius 1 is 1.22 bits per heavy atom. The summed E-state index contributed by atoms with van der Waals surface area (Å²) in [6.07, 6.45) is 2.32. The quantitative estimate of drug-likeness (QED) is 0.736. The van der Waals surface area contributed by atoms with Crippen molar-refractivity contribution in [2.75, 3.05) is 26.2 Å². The summed E-state index contributed by atoms with van der Waals surface area (Å²) in [6.45, 7) is 4.82. The van der Waals surface area contributed by atoms with Crippen LogP contribution in [-0.4, -0.2) is 53.2 Å². The van der Waals surface area contributed by atoms with Gasteiger partial charge in [0.15, 0.2) is 6.67 Å². The maximum Gasteiger partial charge on any atom is 0.243 e. The molecule has 0 unspecified atom stereocenters. The number of halogens is 1. The van der Waals surface area contributed by atoms with Gasteiger partial charge in [0.25, 0.3) is 0 Å². The molecule has 1 saturated heterocycles. The topological polar surface area (TPSA) is 64.6 Å². The van der Waals surface area contributed by atoms with Gasteiger partial charge in [-0.3, -0.25) is 0 Å². The predicted octanol–water partition coefficient (Wildman–Crippen LogP) is 0.743. The van der Waals surface area contributed by atoms with Crippen LogP contribution in [0.5, 0.6) is 0 Å². The minimum atomic E-state index is -3.58. The van der Waals surface area contributed by atoms with Crippen LogP contribution < -0.4 is 4.90 Å². The molecule has 2 heterocycles. The van der Waals surface area contributed by atoms with E-state index in [4.69, 9.17) is 12.2 Å². The van der Waals surface area contributed by atoms with E-state index in [0.29, 0.717) is 38.9 Å². The van der Waals surface area contributed by atoms with Crippen LogP contribution in [0.4, 0.5) is 4.39 Å². The van der Waals surface area contributed by atoms with Crippen LogP contribution in [-0.2, 0) is 16.7 Å². The maximum absolute atomic E-state index is 13.1. The van der Waals surface area contributed by atoms with Gasteiger partial charge in [-0.15, -0.1) is 0 Å². The molecule has 2 aliphatic rings. The average Bonchev–Trinajstić information content (AvgIpc) is 3.43. The third-order valence-corrected chi connectivity index (χ3v) is 7.53. The normalized spacial score (nSPS) is 19.5. The zero-order chi connectivity index (χ0) is 19.2. The Morgan fingerprint density at radius 3 is 2.44 bits per heavy atom. The highest BCUT2D eigenvalue weighted by Gasteiger charge is 2.32. The van der Waals surface area contributed by atoms with Crippen LogP contribution >= 0.6 is 12.2 Å². The average molecular weight is 413 g/mol. The molecule has 0 atom stereocenters. The minimum Gasteiger partial charge on any atom is -0.314 e. The number of quaternary nitrogens is 1. The summed E-state index contributed by atoms with van der Waals surface area (Å²) in [6, 6.07) is 5.48. The highest BCUT2D eigenvalue weighted by atomic mass is 32.2. The fourth-order valence-electron chi connectivity index (χ4n) is 3.55. The first-order chi connectivity index (χ1) is 12.9. The molecular formula is C17H23FN5O2S2+. The zero-order valence-electron chi connectivity index (χ0n) is 15.1. The number of nitrogens with zero attached hydrogens (tertiary/aromatic N) is 4. The van der Waals surface area contributed by atoms with Crippen LogP contribution in [0, 0.1) is 17.5 Å². The summed E-state index contributed by atoms with van der Waals surface area (Å²) < 4.78 is 44.7. The van der Waals surface area contributed by atoms with Gasteiger partial charge in [0.05, 0.1) is 31.1 Å². The van der Waals surface area contributed by atoms with Crippen LogP contribution in [0.3, 0.4) is 0 Å². The second kappa shape index (κ2) is 7.08. The van der Waals surface area contributed by atoms with Crippen molar-refractivity contribution in [3.05, 3.63) is 40.7 Å². The molecule has 1 saturated carbocycles. The third-order valence-electron chi connectivity index (χ3n) is 5.21. The number of benzene rings is 1. The highest BCUT2D eigenvalue weighted by molar-refractivity contribution is 7.89. The molecule has 0 bridgehead atoms. The van der Waals surface area contributed by atoms with Crippen molar-refractivity contribution in [2.45, 2.75) is 37.4 Å². The highest BCUT2D eigenvalue weighted by Crippen LogP contribution is 2.35.